The molecule has 8 nitrogen and oxygen atoms in total. The number of aromatic nitrogens is 1. The molecule has 1 aromatic carbocycles. The van der Waals surface area contributed by atoms with E-state index in [1.165, 1.54) is 7.11 Å². The molecule has 3 rings (SSSR count). The second kappa shape index (κ2) is 9.78. The van der Waals surface area contributed by atoms with Crippen LogP contribution in [0.15, 0.2) is 42.6 Å². The first-order valence-corrected chi connectivity index (χ1v) is 10.2. The summed E-state index contributed by atoms with van der Waals surface area (Å²) >= 11 is 0. The minimum atomic E-state index is -0.554. The van der Waals surface area contributed by atoms with E-state index in [9.17, 15) is 9.59 Å². The highest BCUT2D eigenvalue weighted by Gasteiger charge is 2.30. The molecule has 2 amide bonds. The van der Waals surface area contributed by atoms with Crippen LogP contribution < -0.4 is 15.4 Å². The van der Waals surface area contributed by atoms with E-state index in [2.05, 4.69) is 15.6 Å². The van der Waals surface area contributed by atoms with Gasteiger partial charge < -0.3 is 24.8 Å². The number of anilines is 1. The number of benzene rings is 1. The Balaban J connectivity index is 1.72. The topological polar surface area (TPSA) is 98.8 Å². The maximum absolute atomic E-state index is 12.3. The molecule has 0 fully saturated rings. The summed E-state index contributed by atoms with van der Waals surface area (Å²) in [5.41, 5.74) is 1.46. The van der Waals surface area contributed by atoms with E-state index < -0.39 is 11.7 Å². The molecule has 0 saturated carbocycles. The lowest BCUT2D eigenvalue weighted by Gasteiger charge is -2.32. The summed E-state index contributed by atoms with van der Waals surface area (Å²) in [4.78, 5) is 28.1. The van der Waals surface area contributed by atoms with Gasteiger partial charge in [-0.05, 0) is 50.8 Å². The number of pyridine rings is 1. The Labute approximate surface area is 182 Å². The van der Waals surface area contributed by atoms with Gasteiger partial charge in [-0.25, -0.2) is 9.78 Å². The van der Waals surface area contributed by atoms with Crippen LogP contribution in [0.2, 0.25) is 0 Å². The van der Waals surface area contributed by atoms with Crippen molar-refractivity contribution in [3.8, 4) is 5.75 Å². The highest BCUT2D eigenvalue weighted by Crippen LogP contribution is 2.39. The number of rotatable bonds is 6. The lowest BCUT2D eigenvalue weighted by Crippen LogP contribution is -2.37. The number of methoxy groups -OCH3 is 1. The molecule has 1 heterocycles. The van der Waals surface area contributed by atoms with Crippen LogP contribution in [-0.2, 0) is 14.3 Å². The largest absolute Gasteiger partial charge is 0.486 e. The molecule has 2 atom stereocenters. The van der Waals surface area contributed by atoms with Crippen molar-refractivity contribution < 1.29 is 23.8 Å². The van der Waals surface area contributed by atoms with Crippen LogP contribution in [0.5, 0.6) is 5.75 Å². The van der Waals surface area contributed by atoms with Crippen molar-refractivity contribution in [2.75, 3.05) is 19.0 Å². The highest BCUT2D eigenvalue weighted by atomic mass is 16.6. The van der Waals surface area contributed by atoms with Gasteiger partial charge >= 0.3 is 6.09 Å². The molecule has 2 aromatic rings. The van der Waals surface area contributed by atoms with E-state index in [1.807, 2.05) is 45.0 Å². The van der Waals surface area contributed by atoms with Crippen molar-refractivity contribution in [2.45, 2.75) is 51.4 Å². The maximum atomic E-state index is 12.3. The fourth-order valence-corrected chi connectivity index (χ4v) is 3.50. The SMILES string of the molecule is COCC(=O)Nc1cc(O[C@H]2CC[C@H](NC(=O)OC(C)(C)C)c3ccccc32)ccn1. The third kappa shape index (κ3) is 6.42. The van der Waals surface area contributed by atoms with Gasteiger partial charge in [-0.2, -0.15) is 0 Å². The quantitative estimate of drug-likeness (QED) is 0.719. The summed E-state index contributed by atoms with van der Waals surface area (Å²) in [5, 5.41) is 5.64. The molecule has 1 aliphatic rings. The summed E-state index contributed by atoms with van der Waals surface area (Å²) in [6.07, 6.45) is 2.39. The molecular formula is C23H29N3O5. The Bertz CT molecular complexity index is 925. The molecule has 31 heavy (non-hydrogen) atoms. The number of nitrogens with zero attached hydrogens (tertiary/aromatic N) is 1. The number of fused-ring (bicyclic) bond motifs is 1. The molecule has 0 bridgehead atoms. The standard InChI is InChI=1S/C23H29N3O5/c1-23(2,3)31-22(28)25-18-9-10-19(17-8-6-5-7-16(17)18)30-15-11-12-24-20(13-15)26-21(27)14-29-4/h5-8,11-13,18-19H,9-10,14H2,1-4H3,(H,25,28)(H,24,26,27)/t18-,19-/m0/s1. The monoisotopic (exact) mass is 427 g/mol. The van der Waals surface area contributed by atoms with Gasteiger partial charge in [0, 0.05) is 19.4 Å². The van der Waals surface area contributed by atoms with E-state index in [1.54, 1.807) is 18.3 Å². The molecule has 0 unspecified atom stereocenters. The molecule has 0 spiro atoms. The summed E-state index contributed by atoms with van der Waals surface area (Å²) < 4.78 is 16.5. The number of alkyl carbamates (subject to hydrolysis) is 1. The van der Waals surface area contributed by atoms with Gasteiger partial charge in [0.1, 0.15) is 29.9 Å². The van der Waals surface area contributed by atoms with E-state index in [0.717, 1.165) is 11.1 Å². The average molecular weight is 428 g/mol. The fourth-order valence-electron chi connectivity index (χ4n) is 3.50. The third-order valence-corrected chi connectivity index (χ3v) is 4.68. The van der Waals surface area contributed by atoms with Gasteiger partial charge in [-0.15, -0.1) is 0 Å². The lowest BCUT2D eigenvalue weighted by atomic mass is 9.85. The second-order valence-corrected chi connectivity index (χ2v) is 8.37. The van der Waals surface area contributed by atoms with Crippen molar-refractivity contribution in [2.24, 2.45) is 0 Å². The second-order valence-electron chi connectivity index (χ2n) is 8.37. The van der Waals surface area contributed by atoms with Crippen LogP contribution in [0.4, 0.5) is 10.6 Å². The molecule has 166 valence electrons. The van der Waals surface area contributed by atoms with Gasteiger partial charge in [-0.1, -0.05) is 24.3 Å². The van der Waals surface area contributed by atoms with Crippen molar-refractivity contribution in [1.82, 2.24) is 10.3 Å². The first-order chi connectivity index (χ1) is 14.7. The van der Waals surface area contributed by atoms with E-state index in [-0.39, 0.29) is 24.7 Å². The van der Waals surface area contributed by atoms with Crippen LogP contribution >= 0.6 is 0 Å². The Morgan fingerprint density at radius 3 is 2.58 bits per heavy atom. The molecule has 8 heteroatoms. The Morgan fingerprint density at radius 1 is 1.13 bits per heavy atom. The van der Waals surface area contributed by atoms with E-state index >= 15 is 0 Å². The van der Waals surface area contributed by atoms with Gasteiger partial charge in [0.25, 0.3) is 5.91 Å². The molecule has 0 aliphatic heterocycles. The number of hydrogen-bond acceptors (Lipinski definition) is 6. The third-order valence-electron chi connectivity index (χ3n) is 4.68. The minimum absolute atomic E-state index is 0.0468. The van der Waals surface area contributed by atoms with Crippen LogP contribution in [-0.4, -0.2) is 36.3 Å². The average Bonchev–Trinajstić information content (AvgIpc) is 2.69. The molecule has 0 saturated heterocycles. The number of nitrogens with one attached hydrogen (secondary N) is 2. The van der Waals surface area contributed by atoms with Crippen LogP contribution in [0.3, 0.4) is 0 Å². The van der Waals surface area contributed by atoms with Crippen LogP contribution in [0.1, 0.15) is 56.9 Å². The summed E-state index contributed by atoms with van der Waals surface area (Å²) in [5.74, 6) is 0.709. The maximum Gasteiger partial charge on any atom is 0.408 e. The van der Waals surface area contributed by atoms with E-state index in [0.29, 0.717) is 24.4 Å². The fraction of sp³-hybridized carbons (Fsp3) is 0.435. The molecule has 1 aliphatic carbocycles. The van der Waals surface area contributed by atoms with Crippen LogP contribution in [0.25, 0.3) is 0 Å². The Morgan fingerprint density at radius 2 is 1.87 bits per heavy atom. The normalized spacial score (nSPS) is 17.9. The minimum Gasteiger partial charge on any atom is -0.486 e. The number of carbonyl (C=O) groups is 2. The number of hydrogen-bond donors (Lipinski definition) is 2. The molecule has 1 aromatic heterocycles. The smallest absolute Gasteiger partial charge is 0.408 e. The summed E-state index contributed by atoms with van der Waals surface area (Å²) in [6, 6.07) is 11.2. The first kappa shape index (κ1) is 22.6. The van der Waals surface area contributed by atoms with E-state index in [4.69, 9.17) is 14.2 Å². The van der Waals surface area contributed by atoms with Crippen molar-refractivity contribution in [1.29, 1.82) is 0 Å². The predicted molar refractivity (Wildman–Crippen MR) is 116 cm³/mol. The molecular weight excluding hydrogens is 398 g/mol. The van der Waals surface area contributed by atoms with Crippen LogP contribution in [0, 0.1) is 0 Å². The first-order valence-electron chi connectivity index (χ1n) is 10.2. The van der Waals surface area contributed by atoms with Gasteiger partial charge in [0.15, 0.2) is 0 Å². The number of carbonyl (C=O) groups excluding carboxylic acids is 2. The highest BCUT2D eigenvalue weighted by molar-refractivity contribution is 5.90. The number of amides is 2. The zero-order valence-corrected chi connectivity index (χ0v) is 18.3. The van der Waals surface area contributed by atoms with Crippen molar-refractivity contribution >= 4 is 17.8 Å². The van der Waals surface area contributed by atoms with Crippen molar-refractivity contribution in [3.63, 3.8) is 0 Å². The Hall–Kier alpha value is -3.13. The van der Waals surface area contributed by atoms with Gasteiger partial charge in [-0.3, -0.25) is 4.79 Å². The summed E-state index contributed by atoms with van der Waals surface area (Å²) in [6.45, 7) is 5.47. The number of ether oxygens (including phenoxy) is 3. The van der Waals surface area contributed by atoms with Crippen molar-refractivity contribution in [3.05, 3.63) is 53.7 Å². The molecule has 2 N–H and O–H groups in total. The van der Waals surface area contributed by atoms with Gasteiger partial charge in [0.05, 0.1) is 6.04 Å². The zero-order chi connectivity index (χ0) is 22.4. The van der Waals surface area contributed by atoms with Gasteiger partial charge in [0.2, 0.25) is 0 Å². The predicted octanol–water partition coefficient (Wildman–Crippen LogP) is 4.15. The Kier molecular flexibility index (Phi) is 7.12. The lowest BCUT2D eigenvalue weighted by molar-refractivity contribution is -0.119. The molecule has 0 radical (unpaired) electrons. The summed E-state index contributed by atoms with van der Waals surface area (Å²) in [7, 11) is 1.46. The zero-order valence-electron chi connectivity index (χ0n) is 18.3.